The fourth-order valence-electron chi connectivity index (χ4n) is 2.98. The van der Waals surface area contributed by atoms with Crippen LogP contribution in [0.15, 0.2) is 0 Å². The lowest BCUT2D eigenvalue weighted by molar-refractivity contribution is -0.151. The number of ether oxygens (including phenoxy) is 1. The molecule has 0 aromatic rings. The van der Waals surface area contributed by atoms with Crippen molar-refractivity contribution in [3.8, 4) is 0 Å². The molecule has 2 fully saturated rings. The van der Waals surface area contributed by atoms with E-state index >= 15 is 0 Å². The van der Waals surface area contributed by atoms with Crippen molar-refractivity contribution in [2.75, 3.05) is 26.8 Å². The lowest BCUT2D eigenvalue weighted by Crippen LogP contribution is -2.40. The first-order valence-corrected chi connectivity index (χ1v) is 7.07. The highest BCUT2D eigenvalue weighted by atomic mass is 16.5. The highest BCUT2D eigenvalue weighted by molar-refractivity contribution is 5.80. The fourth-order valence-corrected chi connectivity index (χ4v) is 2.98. The SMILES string of the molecule is COCC1(C(=O)O)CCN(C(=O)CCC2CCC2)C1. The van der Waals surface area contributed by atoms with Crippen LogP contribution in [0.3, 0.4) is 0 Å². The molecule has 19 heavy (non-hydrogen) atoms. The number of likely N-dealkylation sites (tertiary alicyclic amines) is 1. The van der Waals surface area contributed by atoms with Gasteiger partial charge in [-0.2, -0.15) is 0 Å². The molecule has 0 aromatic heterocycles. The first-order valence-electron chi connectivity index (χ1n) is 7.07. The number of aliphatic carboxylic acids is 1. The molecule has 2 aliphatic rings. The molecule has 5 heteroatoms. The molecular weight excluding hydrogens is 246 g/mol. The normalized spacial score (nSPS) is 27.3. The molecule has 1 saturated heterocycles. The van der Waals surface area contributed by atoms with E-state index in [1.54, 1.807) is 4.90 Å². The molecule has 1 N–H and O–H groups in total. The Balaban J connectivity index is 1.85. The molecule has 1 atom stereocenters. The highest BCUT2D eigenvalue weighted by Crippen LogP contribution is 2.33. The molecule has 5 nitrogen and oxygen atoms in total. The average molecular weight is 269 g/mol. The summed E-state index contributed by atoms with van der Waals surface area (Å²) >= 11 is 0. The molecular formula is C14H23NO4. The van der Waals surface area contributed by atoms with Crippen LogP contribution in [-0.2, 0) is 14.3 Å². The second-order valence-electron chi connectivity index (χ2n) is 5.92. The second-order valence-corrected chi connectivity index (χ2v) is 5.92. The van der Waals surface area contributed by atoms with E-state index in [0.29, 0.717) is 25.9 Å². The summed E-state index contributed by atoms with van der Waals surface area (Å²) in [5.74, 6) is -0.0375. The van der Waals surface area contributed by atoms with Crippen LogP contribution < -0.4 is 0 Å². The minimum atomic E-state index is -0.902. The predicted octanol–water partition coefficient (Wildman–Crippen LogP) is 1.52. The number of methoxy groups -OCH3 is 1. The van der Waals surface area contributed by atoms with Gasteiger partial charge in [0.2, 0.25) is 5.91 Å². The van der Waals surface area contributed by atoms with E-state index < -0.39 is 11.4 Å². The number of rotatable bonds is 6. The molecule has 1 unspecified atom stereocenters. The minimum absolute atomic E-state index is 0.103. The summed E-state index contributed by atoms with van der Waals surface area (Å²) in [6, 6.07) is 0. The third-order valence-corrected chi connectivity index (χ3v) is 4.57. The third kappa shape index (κ3) is 3.08. The van der Waals surface area contributed by atoms with Gasteiger partial charge < -0.3 is 14.7 Å². The van der Waals surface area contributed by atoms with E-state index in [1.807, 2.05) is 0 Å². The van der Waals surface area contributed by atoms with Gasteiger partial charge in [-0.25, -0.2) is 0 Å². The standard InChI is InChI=1S/C14H23NO4/c1-19-10-14(13(17)18)7-8-15(9-14)12(16)6-5-11-3-2-4-11/h11H,2-10H2,1H3,(H,17,18). The van der Waals surface area contributed by atoms with Crippen molar-refractivity contribution < 1.29 is 19.4 Å². The van der Waals surface area contributed by atoms with Crippen molar-refractivity contribution in [3.63, 3.8) is 0 Å². The van der Waals surface area contributed by atoms with E-state index in [2.05, 4.69) is 0 Å². The summed E-state index contributed by atoms with van der Waals surface area (Å²) < 4.78 is 5.02. The molecule has 1 heterocycles. The Morgan fingerprint density at radius 1 is 1.42 bits per heavy atom. The zero-order chi connectivity index (χ0) is 13.9. The van der Waals surface area contributed by atoms with Gasteiger partial charge in [0, 0.05) is 26.6 Å². The van der Waals surface area contributed by atoms with Crippen molar-refractivity contribution in [1.82, 2.24) is 4.90 Å². The van der Waals surface area contributed by atoms with Crippen molar-refractivity contribution in [3.05, 3.63) is 0 Å². The van der Waals surface area contributed by atoms with Gasteiger partial charge in [0.15, 0.2) is 0 Å². The van der Waals surface area contributed by atoms with Gasteiger partial charge in [0.1, 0.15) is 5.41 Å². The van der Waals surface area contributed by atoms with Crippen LogP contribution in [0.4, 0.5) is 0 Å². The Morgan fingerprint density at radius 2 is 2.16 bits per heavy atom. The van der Waals surface area contributed by atoms with Gasteiger partial charge in [-0.05, 0) is 18.8 Å². The molecule has 1 aliphatic carbocycles. The van der Waals surface area contributed by atoms with Gasteiger partial charge in [-0.15, -0.1) is 0 Å². The maximum absolute atomic E-state index is 12.1. The number of nitrogens with zero attached hydrogens (tertiary/aromatic N) is 1. The highest BCUT2D eigenvalue weighted by Gasteiger charge is 2.46. The van der Waals surface area contributed by atoms with Gasteiger partial charge in [-0.3, -0.25) is 9.59 Å². The lowest BCUT2D eigenvalue weighted by Gasteiger charge is -2.27. The summed E-state index contributed by atoms with van der Waals surface area (Å²) in [6.07, 6.45) is 5.79. The Bertz CT molecular complexity index is 353. The van der Waals surface area contributed by atoms with Gasteiger partial charge in [-0.1, -0.05) is 19.3 Å². The van der Waals surface area contributed by atoms with Crippen LogP contribution in [0.25, 0.3) is 0 Å². The minimum Gasteiger partial charge on any atom is -0.481 e. The molecule has 0 spiro atoms. The number of carboxylic acid groups (broad SMARTS) is 1. The van der Waals surface area contributed by atoms with E-state index in [0.717, 1.165) is 12.3 Å². The van der Waals surface area contributed by atoms with Crippen LogP contribution in [0, 0.1) is 11.3 Å². The van der Waals surface area contributed by atoms with E-state index in [-0.39, 0.29) is 12.5 Å². The smallest absolute Gasteiger partial charge is 0.313 e. The quantitative estimate of drug-likeness (QED) is 0.794. The number of hydrogen-bond acceptors (Lipinski definition) is 3. The topological polar surface area (TPSA) is 66.8 Å². The molecule has 0 aromatic carbocycles. The summed E-state index contributed by atoms with van der Waals surface area (Å²) in [5.41, 5.74) is -0.902. The lowest BCUT2D eigenvalue weighted by atomic mass is 9.82. The number of hydrogen-bond donors (Lipinski definition) is 1. The van der Waals surface area contributed by atoms with Crippen LogP contribution in [0.5, 0.6) is 0 Å². The monoisotopic (exact) mass is 269 g/mol. The summed E-state index contributed by atoms with van der Waals surface area (Å²) in [4.78, 5) is 25.2. The number of amides is 1. The zero-order valence-electron chi connectivity index (χ0n) is 11.6. The molecule has 0 radical (unpaired) electrons. The van der Waals surface area contributed by atoms with Crippen LogP contribution in [0.2, 0.25) is 0 Å². The van der Waals surface area contributed by atoms with Gasteiger partial charge in [0.25, 0.3) is 0 Å². The van der Waals surface area contributed by atoms with E-state index in [9.17, 15) is 14.7 Å². The molecule has 0 bridgehead atoms. The Kier molecular flexibility index (Phi) is 4.45. The summed E-state index contributed by atoms with van der Waals surface area (Å²) in [6.45, 7) is 1.01. The molecule has 1 amide bonds. The van der Waals surface area contributed by atoms with Crippen molar-refractivity contribution in [1.29, 1.82) is 0 Å². The Morgan fingerprint density at radius 3 is 2.68 bits per heavy atom. The zero-order valence-corrected chi connectivity index (χ0v) is 11.6. The van der Waals surface area contributed by atoms with Gasteiger partial charge in [0.05, 0.1) is 6.61 Å². The number of carboxylic acids is 1. The first-order chi connectivity index (χ1) is 9.07. The van der Waals surface area contributed by atoms with E-state index in [1.165, 1.54) is 26.4 Å². The molecule has 2 rings (SSSR count). The predicted molar refractivity (Wildman–Crippen MR) is 69.7 cm³/mol. The van der Waals surface area contributed by atoms with Crippen LogP contribution in [-0.4, -0.2) is 48.7 Å². The maximum atomic E-state index is 12.1. The maximum Gasteiger partial charge on any atom is 0.313 e. The molecule has 1 aliphatic heterocycles. The van der Waals surface area contributed by atoms with Crippen molar-refractivity contribution in [2.45, 2.75) is 38.5 Å². The van der Waals surface area contributed by atoms with Crippen LogP contribution in [0.1, 0.15) is 38.5 Å². The molecule has 1 saturated carbocycles. The average Bonchev–Trinajstić information content (AvgIpc) is 2.73. The van der Waals surface area contributed by atoms with Gasteiger partial charge >= 0.3 is 5.97 Å². The number of carbonyl (C=O) groups excluding carboxylic acids is 1. The van der Waals surface area contributed by atoms with E-state index in [4.69, 9.17) is 4.74 Å². The van der Waals surface area contributed by atoms with Crippen LogP contribution >= 0.6 is 0 Å². The number of carbonyl (C=O) groups is 2. The van der Waals surface area contributed by atoms with Crippen molar-refractivity contribution in [2.24, 2.45) is 11.3 Å². The third-order valence-electron chi connectivity index (χ3n) is 4.57. The Hall–Kier alpha value is -1.10. The largest absolute Gasteiger partial charge is 0.481 e. The second kappa shape index (κ2) is 5.90. The summed E-state index contributed by atoms with van der Waals surface area (Å²) in [7, 11) is 1.51. The molecule has 108 valence electrons. The summed E-state index contributed by atoms with van der Waals surface area (Å²) in [5, 5.41) is 9.34. The van der Waals surface area contributed by atoms with Crippen molar-refractivity contribution >= 4 is 11.9 Å². The Labute approximate surface area is 113 Å². The first kappa shape index (κ1) is 14.3. The fraction of sp³-hybridized carbons (Fsp3) is 0.857.